The highest BCUT2D eigenvalue weighted by Crippen LogP contribution is 2.09. The molecule has 4 aromatic rings. The van der Waals surface area contributed by atoms with Gasteiger partial charge in [-0.2, -0.15) is 0 Å². The summed E-state index contributed by atoms with van der Waals surface area (Å²) in [6.07, 6.45) is 5.04. The van der Waals surface area contributed by atoms with Crippen LogP contribution in [-0.4, -0.2) is 23.1 Å². The highest BCUT2D eigenvalue weighted by Gasteiger charge is 2.02. The smallest absolute Gasteiger partial charge is 0.194 e. The van der Waals surface area contributed by atoms with Crippen molar-refractivity contribution in [2.24, 2.45) is 0 Å². The fourth-order valence-electron chi connectivity index (χ4n) is 3.36. The maximum Gasteiger partial charge on any atom is 0.194 e. The monoisotopic (exact) mass is 544 g/mol. The fourth-order valence-corrected chi connectivity index (χ4v) is 3.36. The molecule has 0 fully saturated rings. The molecule has 0 radical (unpaired) electrons. The number of ketones is 4. The van der Waals surface area contributed by atoms with Crippen molar-refractivity contribution in [3.8, 4) is 0 Å². The summed E-state index contributed by atoms with van der Waals surface area (Å²) in [6, 6.07) is 22.3. The van der Waals surface area contributed by atoms with Crippen LogP contribution in [0.3, 0.4) is 0 Å². The summed E-state index contributed by atoms with van der Waals surface area (Å²) in [4.78, 5) is 42.8. The quantitative estimate of drug-likeness (QED) is 0.216. The van der Waals surface area contributed by atoms with Gasteiger partial charge in [0.05, 0.1) is 6.26 Å². The maximum atomic E-state index is 11.0. The van der Waals surface area contributed by atoms with Crippen LogP contribution in [0.2, 0.25) is 0 Å². The predicted octanol–water partition coefficient (Wildman–Crippen LogP) is 8.70. The van der Waals surface area contributed by atoms with E-state index in [1.54, 1.807) is 38.1 Å². The molecule has 6 nitrogen and oxygen atoms in total. The summed E-state index contributed by atoms with van der Waals surface area (Å²) in [6.45, 7) is 12.1. The van der Waals surface area contributed by atoms with Gasteiger partial charge in [-0.15, -0.1) is 0 Å². The fraction of sp³-hybridized carbons (Fsp3) is 0.294. The van der Waals surface area contributed by atoms with Gasteiger partial charge in [-0.3, -0.25) is 19.2 Å². The molecule has 0 amide bonds. The number of hydrogen-bond donors (Lipinski definition) is 0. The highest BCUT2D eigenvalue weighted by atomic mass is 16.3. The number of furan rings is 2. The molecule has 0 spiro atoms. The molecule has 0 aliphatic carbocycles. The molecule has 0 N–H and O–H groups in total. The van der Waals surface area contributed by atoms with Gasteiger partial charge in [0.15, 0.2) is 34.7 Å². The first kappa shape index (κ1) is 33.7. The number of aryl methyl sites for hydroxylation is 3. The Balaban J connectivity index is 0.000000271. The van der Waals surface area contributed by atoms with Crippen LogP contribution < -0.4 is 0 Å². The first-order valence-corrected chi connectivity index (χ1v) is 13.2. The normalized spacial score (nSPS) is 9.57. The molecule has 2 aromatic carbocycles. The van der Waals surface area contributed by atoms with Crippen LogP contribution in [0.25, 0.3) is 0 Å². The minimum absolute atomic E-state index is 0.0249. The van der Waals surface area contributed by atoms with E-state index >= 15 is 0 Å². The molecule has 2 aromatic heterocycles. The standard InChI is InChI=1S/C12H16O.C9H10O.C7H8O2.C6H6O2/c1-3-4-5-11-6-8-12(9-7-11)10(2)13;1-7-5-3-4-6-9(7)8(2)10;1-5-3-4-7(9-5)6(2)8;1-5(7)6-3-2-4-8-6/h6-9H,3-5H2,1-2H3;3-6H,1-2H3;3-4H,1-2H3;2-4H,1H3. The van der Waals surface area contributed by atoms with Crippen LogP contribution in [0, 0.1) is 13.8 Å². The van der Waals surface area contributed by atoms with Gasteiger partial charge in [-0.25, -0.2) is 0 Å². The third kappa shape index (κ3) is 13.0. The molecule has 40 heavy (non-hydrogen) atoms. The van der Waals surface area contributed by atoms with Gasteiger partial charge < -0.3 is 8.83 Å². The molecule has 0 saturated heterocycles. The summed E-state index contributed by atoms with van der Waals surface area (Å²) in [5.74, 6) is 1.86. The maximum absolute atomic E-state index is 11.0. The van der Waals surface area contributed by atoms with Gasteiger partial charge in [0.1, 0.15) is 5.76 Å². The topological polar surface area (TPSA) is 94.6 Å². The van der Waals surface area contributed by atoms with Gasteiger partial charge in [-0.05, 0) is 75.9 Å². The van der Waals surface area contributed by atoms with E-state index in [0.717, 1.165) is 28.9 Å². The number of carbonyl (C=O) groups is 4. The second-order valence-electron chi connectivity index (χ2n) is 9.23. The Kier molecular flexibility index (Phi) is 15.2. The highest BCUT2D eigenvalue weighted by molar-refractivity contribution is 5.95. The molecule has 0 aliphatic heterocycles. The van der Waals surface area contributed by atoms with Crippen LogP contribution in [0.4, 0.5) is 0 Å². The first-order chi connectivity index (χ1) is 19.0. The lowest BCUT2D eigenvalue weighted by Gasteiger charge is -2.00. The van der Waals surface area contributed by atoms with Crippen molar-refractivity contribution in [2.75, 3.05) is 0 Å². The Labute approximate surface area is 237 Å². The minimum Gasteiger partial charge on any atom is -0.461 e. The molecule has 0 unspecified atom stereocenters. The zero-order valence-corrected chi connectivity index (χ0v) is 24.6. The van der Waals surface area contributed by atoms with E-state index < -0.39 is 0 Å². The zero-order chi connectivity index (χ0) is 30.1. The van der Waals surface area contributed by atoms with E-state index in [4.69, 9.17) is 8.83 Å². The Hall–Kier alpha value is -4.32. The molecule has 6 heteroatoms. The molecule has 212 valence electrons. The van der Waals surface area contributed by atoms with Crippen LogP contribution in [0.5, 0.6) is 0 Å². The third-order valence-corrected chi connectivity index (χ3v) is 5.66. The Morgan fingerprint density at radius 2 is 1.27 bits per heavy atom. The van der Waals surface area contributed by atoms with Gasteiger partial charge in [0, 0.05) is 25.0 Å². The van der Waals surface area contributed by atoms with Crippen molar-refractivity contribution in [3.63, 3.8) is 0 Å². The van der Waals surface area contributed by atoms with Crippen molar-refractivity contribution in [1.29, 1.82) is 0 Å². The van der Waals surface area contributed by atoms with Crippen molar-refractivity contribution in [2.45, 2.75) is 67.7 Å². The van der Waals surface area contributed by atoms with Crippen molar-refractivity contribution in [1.82, 2.24) is 0 Å². The molecule has 0 atom stereocenters. The first-order valence-electron chi connectivity index (χ1n) is 13.2. The van der Waals surface area contributed by atoms with Gasteiger partial charge >= 0.3 is 0 Å². The second-order valence-corrected chi connectivity index (χ2v) is 9.23. The lowest BCUT2D eigenvalue weighted by molar-refractivity contribution is 0.0979. The molecule has 0 saturated carbocycles. The summed E-state index contributed by atoms with van der Waals surface area (Å²) in [5, 5.41) is 0. The van der Waals surface area contributed by atoms with Crippen molar-refractivity contribution in [3.05, 3.63) is 119 Å². The lowest BCUT2D eigenvalue weighted by atomic mass is 10.1. The van der Waals surface area contributed by atoms with Gasteiger partial charge in [0.2, 0.25) is 0 Å². The predicted molar refractivity (Wildman–Crippen MR) is 158 cm³/mol. The Bertz CT molecular complexity index is 1340. The molecular formula is C34H40O6. The number of carbonyl (C=O) groups excluding carboxylic acids is 4. The average Bonchev–Trinajstić information content (AvgIpc) is 3.62. The van der Waals surface area contributed by atoms with E-state index in [-0.39, 0.29) is 23.1 Å². The van der Waals surface area contributed by atoms with Crippen LogP contribution in [0.15, 0.2) is 87.9 Å². The Morgan fingerprint density at radius 3 is 1.62 bits per heavy atom. The van der Waals surface area contributed by atoms with Crippen LogP contribution in [-0.2, 0) is 6.42 Å². The summed E-state index contributed by atoms with van der Waals surface area (Å²) in [7, 11) is 0. The SMILES string of the molecule is CC(=O)c1ccc(C)o1.CC(=O)c1ccccc1C.CC(=O)c1ccco1.CCCCc1ccc(C(C)=O)cc1. The molecule has 2 heterocycles. The number of rotatable bonds is 7. The molecular weight excluding hydrogens is 504 g/mol. The van der Waals surface area contributed by atoms with Crippen molar-refractivity contribution < 1.29 is 28.0 Å². The van der Waals surface area contributed by atoms with E-state index in [2.05, 4.69) is 6.92 Å². The van der Waals surface area contributed by atoms with Gasteiger partial charge in [0.25, 0.3) is 0 Å². The third-order valence-electron chi connectivity index (χ3n) is 5.66. The molecule has 0 bridgehead atoms. The average molecular weight is 545 g/mol. The number of hydrogen-bond acceptors (Lipinski definition) is 6. The number of benzene rings is 2. The lowest BCUT2D eigenvalue weighted by Crippen LogP contribution is -1.93. The molecule has 0 aliphatic rings. The van der Waals surface area contributed by atoms with E-state index in [1.165, 1.54) is 38.5 Å². The number of unbranched alkanes of at least 4 members (excludes halogenated alkanes) is 1. The summed E-state index contributed by atoms with van der Waals surface area (Å²) < 4.78 is 9.74. The van der Waals surface area contributed by atoms with Crippen molar-refractivity contribution >= 4 is 23.1 Å². The van der Waals surface area contributed by atoms with Crippen LogP contribution in [0.1, 0.15) is 106 Å². The second kappa shape index (κ2) is 18.1. The van der Waals surface area contributed by atoms with E-state index in [0.29, 0.717) is 11.5 Å². The zero-order valence-electron chi connectivity index (χ0n) is 24.6. The Morgan fingerprint density at radius 1 is 0.650 bits per heavy atom. The summed E-state index contributed by atoms with van der Waals surface area (Å²) >= 11 is 0. The van der Waals surface area contributed by atoms with E-state index in [9.17, 15) is 19.2 Å². The van der Waals surface area contributed by atoms with Crippen LogP contribution >= 0.6 is 0 Å². The summed E-state index contributed by atoms with van der Waals surface area (Å²) in [5.41, 5.74) is 4.00. The minimum atomic E-state index is -0.0324. The van der Waals surface area contributed by atoms with Gasteiger partial charge in [-0.1, -0.05) is 61.9 Å². The largest absolute Gasteiger partial charge is 0.461 e. The molecule has 4 rings (SSSR count). The number of Topliss-reactive ketones (excluding diaryl/α,β-unsaturated/α-hetero) is 4. The van der Waals surface area contributed by atoms with E-state index in [1.807, 2.05) is 62.4 Å².